The van der Waals surface area contributed by atoms with Gasteiger partial charge in [-0.05, 0) is 31.2 Å². The van der Waals surface area contributed by atoms with Crippen LogP contribution in [0.3, 0.4) is 0 Å². The standard InChI is InChI=1S/C21H20N4O4S/c1-14-22-19(13-30-14)15-2-4-16(5-3-15)23-21(26)18-12-17(6-7-20(18)25(27)28)24-8-10-29-11-9-24/h2-7,12-13H,8-11H2,1H3,(H,23,26). The van der Waals surface area contributed by atoms with E-state index in [0.29, 0.717) is 32.0 Å². The number of nitro benzene ring substituents is 1. The average molecular weight is 424 g/mol. The SMILES string of the molecule is Cc1nc(-c2ccc(NC(=O)c3cc(N4CCOCC4)ccc3[N+](=O)[O-])cc2)cs1. The maximum absolute atomic E-state index is 12.9. The van der Waals surface area contributed by atoms with Crippen LogP contribution in [-0.2, 0) is 4.74 Å². The van der Waals surface area contributed by atoms with E-state index in [9.17, 15) is 14.9 Å². The van der Waals surface area contributed by atoms with Crippen LogP contribution in [0.1, 0.15) is 15.4 Å². The van der Waals surface area contributed by atoms with Gasteiger partial charge in [0, 0.05) is 41.5 Å². The van der Waals surface area contributed by atoms with Gasteiger partial charge in [0.1, 0.15) is 5.56 Å². The Kier molecular flexibility index (Phi) is 5.73. The summed E-state index contributed by atoms with van der Waals surface area (Å²) in [5.41, 5.74) is 2.95. The third-order valence-corrected chi connectivity index (χ3v) is 5.63. The maximum atomic E-state index is 12.9. The quantitative estimate of drug-likeness (QED) is 0.489. The Hall–Kier alpha value is -3.30. The summed E-state index contributed by atoms with van der Waals surface area (Å²) in [4.78, 5) is 30.3. The van der Waals surface area contributed by atoms with E-state index in [1.165, 1.54) is 6.07 Å². The lowest BCUT2D eigenvalue weighted by atomic mass is 10.1. The Balaban J connectivity index is 1.56. The van der Waals surface area contributed by atoms with Gasteiger partial charge in [-0.25, -0.2) is 4.98 Å². The Morgan fingerprint density at radius 1 is 1.20 bits per heavy atom. The number of morpholine rings is 1. The van der Waals surface area contributed by atoms with E-state index in [2.05, 4.69) is 15.2 Å². The van der Waals surface area contributed by atoms with Gasteiger partial charge >= 0.3 is 0 Å². The van der Waals surface area contributed by atoms with Gasteiger partial charge in [-0.2, -0.15) is 0 Å². The molecule has 154 valence electrons. The molecular weight excluding hydrogens is 404 g/mol. The lowest BCUT2D eigenvalue weighted by Crippen LogP contribution is -2.36. The Bertz CT molecular complexity index is 1070. The lowest BCUT2D eigenvalue weighted by Gasteiger charge is -2.29. The van der Waals surface area contributed by atoms with Gasteiger partial charge in [-0.15, -0.1) is 11.3 Å². The predicted molar refractivity (Wildman–Crippen MR) is 116 cm³/mol. The number of amides is 1. The normalized spacial score (nSPS) is 13.8. The third kappa shape index (κ3) is 4.32. The molecule has 1 aliphatic heterocycles. The van der Waals surface area contributed by atoms with E-state index < -0.39 is 10.8 Å². The van der Waals surface area contributed by atoms with Crippen LogP contribution in [0.4, 0.5) is 17.1 Å². The van der Waals surface area contributed by atoms with Gasteiger partial charge in [-0.3, -0.25) is 14.9 Å². The highest BCUT2D eigenvalue weighted by Gasteiger charge is 2.23. The number of rotatable bonds is 5. The summed E-state index contributed by atoms with van der Waals surface area (Å²) < 4.78 is 5.35. The number of carbonyl (C=O) groups is 1. The minimum atomic E-state index is -0.536. The Morgan fingerprint density at radius 2 is 1.93 bits per heavy atom. The first-order valence-corrected chi connectivity index (χ1v) is 10.3. The number of aromatic nitrogens is 1. The molecule has 0 radical (unpaired) electrons. The molecule has 0 bridgehead atoms. The van der Waals surface area contributed by atoms with Crippen LogP contribution < -0.4 is 10.2 Å². The highest BCUT2D eigenvalue weighted by atomic mass is 32.1. The van der Waals surface area contributed by atoms with Crippen LogP contribution in [0, 0.1) is 17.0 Å². The Morgan fingerprint density at radius 3 is 2.57 bits per heavy atom. The second-order valence-electron chi connectivity index (χ2n) is 6.84. The number of aryl methyl sites for hydroxylation is 1. The van der Waals surface area contributed by atoms with E-state index in [1.54, 1.807) is 35.6 Å². The van der Waals surface area contributed by atoms with E-state index in [4.69, 9.17) is 4.74 Å². The topological polar surface area (TPSA) is 97.6 Å². The molecule has 3 aromatic rings. The number of ether oxygens (including phenoxy) is 1. The first-order chi connectivity index (χ1) is 14.5. The number of hydrogen-bond acceptors (Lipinski definition) is 7. The van der Waals surface area contributed by atoms with E-state index in [0.717, 1.165) is 22.0 Å². The molecule has 0 saturated carbocycles. The fraction of sp³-hybridized carbons (Fsp3) is 0.238. The zero-order chi connectivity index (χ0) is 21.1. The molecule has 2 aromatic carbocycles. The monoisotopic (exact) mass is 424 g/mol. The number of nitrogens with zero attached hydrogens (tertiary/aromatic N) is 3. The summed E-state index contributed by atoms with van der Waals surface area (Å²) >= 11 is 1.57. The summed E-state index contributed by atoms with van der Waals surface area (Å²) in [6.07, 6.45) is 0. The first-order valence-electron chi connectivity index (χ1n) is 9.46. The number of nitrogens with one attached hydrogen (secondary N) is 1. The van der Waals surface area contributed by atoms with Crippen molar-refractivity contribution in [3.05, 3.63) is 68.5 Å². The molecule has 1 N–H and O–H groups in total. The molecule has 0 unspecified atom stereocenters. The number of anilines is 2. The summed E-state index contributed by atoms with van der Waals surface area (Å²) in [5.74, 6) is -0.519. The zero-order valence-corrected chi connectivity index (χ0v) is 17.1. The van der Waals surface area contributed by atoms with Crippen molar-refractivity contribution in [2.24, 2.45) is 0 Å². The molecule has 0 aliphatic carbocycles. The minimum absolute atomic E-state index is 0.0307. The molecule has 2 heterocycles. The minimum Gasteiger partial charge on any atom is -0.378 e. The van der Waals surface area contributed by atoms with Crippen molar-refractivity contribution >= 4 is 34.3 Å². The maximum Gasteiger partial charge on any atom is 0.282 e. The molecule has 4 rings (SSSR count). The van der Waals surface area contributed by atoms with Crippen molar-refractivity contribution in [2.75, 3.05) is 36.5 Å². The molecule has 0 spiro atoms. The number of benzene rings is 2. The van der Waals surface area contributed by atoms with Crippen molar-refractivity contribution in [3.63, 3.8) is 0 Å². The van der Waals surface area contributed by atoms with Crippen LogP contribution >= 0.6 is 11.3 Å². The summed E-state index contributed by atoms with van der Waals surface area (Å²) in [5, 5.41) is 17.2. The molecule has 30 heavy (non-hydrogen) atoms. The van der Waals surface area contributed by atoms with Crippen LogP contribution in [0.15, 0.2) is 47.8 Å². The largest absolute Gasteiger partial charge is 0.378 e. The second-order valence-corrected chi connectivity index (χ2v) is 7.90. The van der Waals surface area contributed by atoms with Crippen LogP contribution in [0.5, 0.6) is 0 Å². The van der Waals surface area contributed by atoms with Crippen LogP contribution in [-0.4, -0.2) is 42.1 Å². The fourth-order valence-corrected chi connectivity index (χ4v) is 3.92. The van der Waals surface area contributed by atoms with Gasteiger partial charge in [0.05, 0.1) is 28.8 Å². The zero-order valence-electron chi connectivity index (χ0n) is 16.3. The summed E-state index contributed by atoms with van der Waals surface area (Å²) in [6, 6.07) is 11.9. The summed E-state index contributed by atoms with van der Waals surface area (Å²) in [6.45, 7) is 4.47. The number of thiazole rings is 1. The van der Waals surface area contributed by atoms with E-state index in [1.807, 2.05) is 24.4 Å². The van der Waals surface area contributed by atoms with Crippen molar-refractivity contribution in [1.29, 1.82) is 0 Å². The van der Waals surface area contributed by atoms with Crippen LogP contribution in [0.2, 0.25) is 0 Å². The van der Waals surface area contributed by atoms with Gasteiger partial charge in [-0.1, -0.05) is 12.1 Å². The van der Waals surface area contributed by atoms with Gasteiger partial charge in [0.15, 0.2) is 0 Å². The molecule has 1 aliphatic rings. The molecule has 9 heteroatoms. The second kappa shape index (κ2) is 8.60. The molecule has 0 atom stereocenters. The number of carbonyl (C=O) groups excluding carboxylic acids is 1. The molecular formula is C21H20N4O4S. The Labute approximate surface area is 177 Å². The predicted octanol–water partition coefficient (Wildman–Crippen LogP) is 4.12. The third-order valence-electron chi connectivity index (χ3n) is 4.86. The van der Waals surface area contributed by atoms with E-state index in [-0.39, 0.29) is 11.3 Å². The molecule has 1 aromatic heterocycles. The number of hydrogen-bond donors (Lipinski definition) is 1. The fourth-order valence-electron chi connectivity index (χ4n) is 3.30. The lowest BCUT2D eigenvalue weighted by molar-refractivity contribution is -0.385. The summed E-state index contributed by atoms with van der Waals surface area (Å²) in [7, 11) is 0. The van der Waals surface area contributed by atoms with Crippen molar-refractivity contribution in [1.82, 2.24) is 4.98 Å². The van der Waals surface area contributed by atoms with Crippen molar-refractivity contribution < 1.29 is 14.5 Å². The van der Waals surface area contributed by atoms with Crippen molar-refractivity contribution in [2.45, 2.75) is 6.92 Å². The van der Waals surface area contributed by atoms with Gasteiger partial charge in [0.2, 0.25) is 0 Å². The van der Waals surface area contributed by atoms with Gasteiger partial charge < -0.3 is 15.0 Å². The highest BCUT2D eigenvalue weighted by molar-refractivity contribution is 7.09. The molecule has 1 fully saturated rings. The highest BCUT2D eigenvalue weighted by Crippen LogP contribution is 2.27. The molecule has 1 saturated heterocycles. The first kappa shape index (κ1) is 20.0. The average Bonchev–Trinajstić information content (AvgIpc) is 3.20. The van der Waals surface area contributed by atoms with Crippen LogP contribution in [0.25, 0.3) is 11.3 Å². The number of nitro groups is 1. The van der Waals surface area contributed by atoms with E-state index >= 15 is 0 Å². The van der Waals surface area contributed by atoms with Gasteiger partial charge in [0.25, 0.3) is 11.6 Å². The molecule has 8 nitrogen and oxygen atoms in total. The van der Waals surface area contributed by atoms with Crippen molar-refractivity contribution in [3.8, 4) is 11.3 Å². The molecule has 1 amide bonds. The smallest absolute Gasteiger partial charge is 0.282 e.